The van der Waals surface area contributed by atoms with Crippen molar-refractivity contribution >= 4 is 11.9 Å². The molecule has 1 heterocycles. The Bertz CT molecular complexity index is 667. The number of hydrogen-bond acceptors (Lipinski definition) is 4. The minimum Gasteiger partial charge on any atom is -0.480 e. The van der Waals surface area contributed by atoms with Gasteiger partial charge in [-0.15, -0.1) is 0 Å². The van der Waals surface area contributed by atoms with Gasteiger partial charge in [-0.25, -0.2) is 4.39 Å². The van der Waals surface area contributed by atoms with Crippen LogP contribution in [-0.4, -0.2) is 60.3 Å². The number of aliphatic carboxylic acids is 1. The van der Waals surface area contributed by atoms with Crippen molar-refractivity contribution in [2.45, 2.75) is 50.1 Å². The molecule has 0 spiro atoms. The fraction of sp³-hybridized carbons (Fsp3) is 0.600. The topological polar surface area (TPSA) is 78.9 Å². The van der Waals surface area contributed by atoms with E-state index in [0.717, 1.165) is 18.4 Å². The third kappa shape index (κ3) is 4.30. The lowest BCUT2D eigenvalue weighted by molar-refractivity contribution is -0.140. The average Bonchev–Trinajstić information content (AvgIpc) is 2.63. The van der Waals surface area contributed by atoms with Crippen LogP contribution in [0.15, 0.2) is 24.3 Å². The van der Waals surface area contributed by atoms with E-state index in [1.807, 2.05) is 11.8 Å². The molecule has 1 aromatic rings. The van der Waals surface area contributed by atoms with Crippen molar-refractivity contribution < 1.29 is 23.8 Å². The highest BCUT2D eigenvalue weighted by molar-refractivity contribution is 5.88. The molecule has 1 aromatic carbocycles. The maximum absolute atomic E-state index is 13.3. The van der Waals surface area contributed by atoms with Gasteiger partial charge in [0.2, 0.25) is 5.91 Å². The van der Waals surface area contributed by atoms with Crippen LogP contribution in [0, 0.1) is 5.82 Å². The molecule has 0 bridgehead atoms. The van der Waals surface area contributed by atoms with Crippen molar-refractivity contribution in [2.75, 3.05) is 26.3 Å². The second-order valence-corrected chi connectivity index (χ2v) is 7.45. The van der Waals surface area contributed by atoms with Gasteiger partial charge in [-0.05, 0) is 49.9 Å². The fourth-order valence-electron chi connectivity index (χ4n) is 4.14. The molecule has 3 rings (SSSR count). The van der Waals surface area contributed by atoms with Crippen LogP contribution in [0.3, 0.4) is 0 Å². The first-order valence-corrected chi connectivity index (χ1v) is 9.55. The highest BCUT2D eigenvalue weighted by Crippen LogP contribution is 2.36. The largest absolute Gasteiger partial charge is 0.480 e. The predicted molar refractivity (Wildman–Crippen MR) is 98.0 cm³/mol. The van der Waals surface area contributed by atoms with E-state index >= 15 is 0 Å². The lowest BCUT2D eigenvalue weighted by Gasteiger charge is -2.44. The van der Waals surface area contributed by atoms with E-state index in [1.165, 1.54) is 12.1 Å². The Morgan fingerprint density at radius 3 is 2.44 bits per heavy atom. The number of carboxylic acids is 1. The molecule has 0 atom stereocenters. The molecule has 0 aromatic heterocycles. The zero-order valence-corrected chi connectivity index (χ0v) is 15.6. The van der Waals surface area contributed by atoms with Gasteiger partial charge in [0.05, 0.1) is 12.0 Å². The quantitative estimate of drug-likeness (QED) is 0.758. The van der Waals surface area contributed by atoms with Crippen LogP contribution in [0.25, 0.3) is 0 Å². The van der Waals surface area contributed by atoms with Crippen LogP contribution in [0.2, 0.25) is 0 Å². The number of hydrogen-bond donors (Lipinski definition) is 2. The second kappa shape index (κ2) is 8.35. The standard InChI is InChI=1S/C20H27FN2O4/c1-2-23(13-18(24)25)17-11-16(12-17)22-19(26)20(7-9-27-10-8-20)14-3-5-15(21)6-4-14/h3-6,16-17H,2,7-13H2,1H3,(H,22,26)(H,24,25). The molecule has 2 N–H and O–H groups in total. The third-order valence-electron chi connectivity index (χ3n) is 5.89. The highest BCUT2D eigenvalue weighted by Gasteiger charge is 2.44. The molecule has 6 nitrogen and oxygen atoms in total. The van der Waals surface area contributed by atoms with E-state index < -0.39 is 11.4 Å². The van der Waals surface area contributed by atoms with E-state index in [0.29, 0.717) is 32.6 Å². The number of nitrogens with zero attached hydrogens (tertiary/aromatic N) is 1. The van der Waals surface area contributed by atoms with Crippen molar-refractivity contribution in [2.24, 2.45) is 0 Å². The normalized spacial score (nSPS) is 24.3. The number of rotatable bonds is 7. The first-order valence-electron chi connectivity index (χ1n) is 9.55. The molecular weight excluding hydrogens is 351 g/mol. The van der Waals surface area contributed by atoms with Gasteiger partial charge >= 0.3 is 5.97 Å². The summed E-state index contributed by atoms with van der Waals surface area (Å²) in [5, 5.41) is 12.1. The van der Waals surface area contributed by atoms with Crippen molar-refractivity contribution in [3.8, 4) is 0 Å². The SMILES string of the molecule is CCN(CC(=O)O)C1CC(NC(=O)C2(c3ccc(F)cc3)CCOCC2)C1. The van der Waals surface area contributed by atoms with E-state index in [-0.39, 0.29) is 30.4 Å². The number of carbonyl (C=O) groups is 2. The van der Waals surface area contributed by atoms with Gasteiger partial charge in [-0.3, -0.25) is 14.5 Å². The van der Waals surface area contributed by atoms with E-state index in [1.54, 1.807) is 12.1 Å². The van der Waals surface area contributed by atoms with Gasteiger partial charge in [0.25, 0.3) is 0 Å². The Hall–Kier alpha value is -1.99. The van der Waals surface area contributed by atoms with Gasteiger partial charge in [0.1, 0.15) is 5.82 Å². The van der Waals surface area contributed by atoms with Gasteiger partial charge in [-0.2, -0.15) is 0 Å². The van der Waals surface area contributed by atoms with Crippen LogP contribution in [-0.2, 0) is 19.7 Å². The first-order chi connectivity index (χ1) is 12.9. The second-order valence-electron chi connectivity index (χ2n) is 7.45. The minimum absolute atomic E-state index is 0.0265. The number of carboxylic acid groups (broad SMARTS) is 1. The Morgan fingerprint density at radius 2 is 1.89 bits per heavy atom. The van der Waals surface area contributed by atoms with Crippen molar-refractivity contribution in [3.63, 3.8) is 0 Å². The molecule has 1 saturated carbocycles. The Morgan fingerprint density at radius 1 is 1.26 bits per heavy atom. The number of ether oxygens (including phenoxy) is 1. The summed E-state index contributed by atoms with van der Waals surface area (Å²) < 4.78 is 18.8. The number of benzene rings is 1. The first kappa shape index (κ1) is 19.8. The minimum atomic E-state index is -0.832. The number of nitrogens with one attached hydrogen (secondary N) is 1. The smallest absolute Gasteiger partial charge is 0.317 e. The van der Waals surface area contributed by atoms with Crippen LogP contribution in [0.4, 0.5) is 4.39 Å². The van der Waals surface area contributed by atoms with Crippen molar-refractivity contribution in [3.05, 3.63) is 35.6 Å². The summed E-state index contributed by atoms with van der Waals surface area (Å²) in [4.78, 5) is 26.0. The highest BCUT2D eigenvalue weighted by atomic mass is 19.1. The average molecular weight is 378 g/mol. The van der Waals surface area contributed by atoms with E-state index in [2.05, 4.69) is 5.32 Å². The Balaban J connectivity index is 1.65. The molecule has 0 unspecified atom stereocenters. The lowest BCUT2D eigenvalue weighted by Crippen LogP contribution is -2.58. The number of likely N-dealkylation sites (N-methyl/N-ethyl adjacent to an activating group) is 1. The summed E-state index contributed by atoms with van der Waals surface area (Å²) in [7, 11) is 0. The van der Waals surface area contributed by atoms with Crippen molar-refractivity contribution in [1.82, 2.24) is 10.2 Å². The van der Waals surface area contributed by atoms with Crippen LogP contribution < -0.4 is 5.32 Å². The van der Waals surface area contributed by atoms with Gasteiger partial charge < -0.3 is 15.2 Å². The Labute approximate surface area is 158 Å². The summed E-state index contributed by atoms with van der Waals surface area (Å²) in [6.45, 7) is 3.65. The molecule has 7 heteroatoms. The maximum Gasteiger partial charge on any atom is 0.317 e. The lowest BCUT2D eigenvalue weighted by atomic mass is 9.72. The molecule has 2 fully saturated rings. The van der Waals surface area contributed by atoms with Gasteiger partial charge in [0.15, 0.2) is 0 Å². The molecule has 0 radical (unpaired) electrons. The van der Waals surface area contributed by atoms with Crippen LogP contribution in [0.1, 0.15) is 38.2 Å². The summed E-state index contributed by atoms with van der Waals surface area (Å²) in [6, 6.07) is 6.40. The molecule has 2 aliphatic rings. The predicted octanol–water partition coefficient (Wildman–Crippen LogP) is 1.93. The summed E-state index contributed by atoms with van der Waals surface area (Å²) in [6.07, 6.45) is 2.65. The molecule has 1 amide bonds. The molecule has 148 valence electrons. The van der Waals surface area contributed by atoms with E-state index in [9.17, 15) is 14.0 Å². The third-order valence-corrected chi connectivity index (χ3v) is 5.89. The number of halogens is 1. The summed E-state index contributed by atoms with van der Waals surface area (Å²) >= 11 is 0. The van der Waals surface area contributed by atoms with Crippen LogP contribution >= 0.6 is 0 Å². The van der Waals surface area contributed by atoms with Crippen molar-refractivity contribution in [1.29, 1.82) is 0 Å². The molecule has 27 heavy (non-hydrogen) atoms. The zero-order valence-electron chi connectivity index (χ0n) is 15.6. The van der Waals surface area contributed by atoms with Gasteiger partial charge in [-0.1, -0.05) is 19.1 Å². The number of amides is 1. The zero-order chi connectivity index (χ0) is 19.4. The van der Waals surface area contributed by atoms with Crippen LogP contribution in [0.5, 0.6) is 0 Å². The molecule has 1 aliphatic carbocycles. The maximum atomic E-state index is 13.3. The Kier molecular flexibility index (Phi) is 6.11. The monoisotopic (exact) mass is 378 g/mol. The molecule has 1 aliphatic heterocycles. The summed E-state index contributed by atoms with van der Waals surface area (Å²) in [5.41, 5.74) is 0.129. The molecular formula is C20H27FN2O4. The summed E-state index contributed by atoms with van der Waals surface area (Å²) in [5.74, 6) is -1.19. The van der Waals surface area contributed by atoms with Gasteiger partial charge in [0, 0.05) is 25.3 Å². The fourth-order valence-corrected chi connectivity index (χ4v) is 4.14. The molecule has 1 saturated heterocycles. The number of carbonyl (C=O) groups excluding carboxylic acids is 1. The van der Waals surface area contributed by atoms with E-state index in [4.69, 9.17) is 9.84 Å².